The normalized spacial score (nSPS) is 24.8. The quantitative estimate of drug-likeness (QED) is 0.788. The van der Waals surface area contributed by atoms with Crippen LogP contribution in [0.5, 0.6) is 0 Å². The molecule has 1 unspecified atom stereocenters. The van der Waals surface area contributed by atoms with Gasteiger partial charge in [-0.3, -0.25) is 0 Å². The first kappa shape index (κ1) is 12.4. The number of aryl methyl sites for hydroxylation is 1. The van der Waals surface area contributed by atoms with Gasteiger partial charge in [-0.05, 0) is 38.3 Å². The Hall–Kier alpha value is -1.06. The molecule has 3 heteroatoms. The molecule has 1 fully saturated rings. The highest BCUT2D eigenvalue weighted by molar-refractivity contribution is 5.48. The number of nitrogens with two attached hydrogens (primary N) is 1. The molecule has 2 rings (SSSR count). The largest absolute Gasteiger partial charge is 0.398 e. The molecule has 0 saturated carbocycles. The van der Waals surface area contributed by atoms with E-state index in [0.717, 1.165) is 31.9 Å². The van der Waals surface area contributed by atoms with E-state index in [9.17, 15) is 0 Å². The summed E-state index contributed by atoms with van der Waals surface area (Å²) in [5.74, 6) is 0. The number of ether oxygens (including phenoxy) is 1. The highest BCUT2D eigenvalue weighted by Crippen LogP contribution is 2.20. The topological polar surface area (TPSA) is 47.3 Å². The Bertz CT molecular complexity index is 384. The molecule has 0 aliphatic carbocycles. The highest BCUT2D eigenvalue weighted by atomic mass is 16.5. The Morgan fingerprint density at radius 1 is 1.47 bits per heavy atom. The summed E-state index contributed by atoms with van der Waals surface area (Å²) >= 11 is 0. The van der Waals surface area contributed by atoms with E-state index in [1.165, 1.54) is 17.5 Å². The van der Waals surface area contributed by atoms with Crippen LogP contribution in [0.4, 0.5) is 5.69 Å². The number of nitrogens with one attached hydrogen (secondary N) is 1. The smallest absolute Gasteiger partial charge is 0.0645 e. The van der Waals surface area contributed by atoms with Crippen LogP contribution in [0, 0.1) is 6.92 Å². The Kier molecular flexibility index (Phi) is 3.69. The third-order valence-electron chi connectivity index (χ3n) is 3.44. The molecule has 0 amide bonds. The van der Waals surface area contributed by atoms with Gasteiger partial charge < -0.3 is 15.8 Å². The molecule has 0 aromatic heterocycles. The van der Waals surface area contributed by atoms with Crippen LogP contribution in [0.1, 0.15) is 30.9 Å². The molecule has 1 saturated heterocycles. The van der Waals surface area contributed by atoms with Gasteiger partial charge in [0.2, 0.25) is 0 Å². The molecule has 0 radical (unpaired) electrons. The summed E-state index contributed by atoms with van der Waals surface area (Å²) in [7, 11) is 0. The fourth-order valence-electron chi connectivity index (χ4n) is 2.27. The fourth-order valence-corrected chi connectivity index (χ4v) is 2.27. The average Bonchev–Trinajstić information content (AvgIpc) is 2.31. The van der Waals surface area contributed by atoms with Crippen LogP contribution >= 0.6 is 0 Å². The van der Waals surface area contributed by atoms with E-state index in [1.807, 2.05) is 12.1 Å². The Labute approximate surface area is 103 Å². The van der Waals surface area contributed by atoms with E-state index in [4.69, 9.17) is 10.5 Å². The minimum absolute atomic E-state index is 0.0917. The lowest BCUT2D eigenvalue weighted by Crippen LogP contribution is -2.48. The van der Waals surface area contributed by atoms with Gasteiger partial charge in [0, 0.05) is 24.4 Å². The standard InChI is InChI=1S/C14H22N2O/c1-11-4-5-13(15)12(8-11)9-16-14(2)6-3-7-17-10-14/h4-5,8,16H,3,6-7,9-10,15H2,1-2H3. The number of anilines is 1. The van der Waals surface area contributed by atoms with Crippen LogP contribution in [0.3, 0.4) is 0 Å². The van der Waals surface area contributed by atoms with Gasteiger partial charge in [0.25, 0.3) is 0 Å². The number of hydrogen-bond acceptors (Lipinski definition) is 3. The zero-order valence-electron chi connectivity index (χ0n) is 10.8. The maximum atomic E-state index is 5.98. The zero-order chi connectivity index (χ0) is 12.3. The highest BCUT2D eigenvalue weighted by Gasteiger charge is 2.26. The van der Waals surface area contributed by atoms with Gasteiger partial charge in [0.05, 0.1) is 6.61 Å². The van der Waals surface area contributed by atoms with Gasteiger partial charge in [0.1, 0.15) is 0 Å². The number of nitrogen functional groups attached to an aromatic ring is 1. The molecule has 1 aromatic rings. The predicted molar refractivity (Wildman–Crippen MR) is 70.9 cm³/mol. The molecule has 1 aromatic carbocycles. The minimum Gasteiger partial charge on any atom is -0.398 e. The van der Waals surface area contributed by atoms with Crippen molar-refractivity contribution in [1.29, 1.82) is 0 Å². The minimum atomic E-state index is 0.0917. The SMILES string of the molecule is Cc1ccc(N)c(CNC2(C)CCCOC2)c1. The molecule has 1 atom stereocenters. The molecule has 0 bridgehead atoms. The second-order valence-electron chi connectivity index (χ2n) is 5.27. The van der Waals surface area contributed by atoms with Gasteiger partial charge in [-0.15, -0.1) is 0 Å². The Morgan fingerprint density at radius 2 is 2.29 bits per heavy atom. The van der Waals surface area contributed by atoms with E-state index in [2.05, 4.69) is 25.2 Å². The maximum absolute atomic E-state index is 5.98. The van der Waals surface area contributed by atoms with Gasteiger partial charge in [-0.1, -0.05) is 17.7 Å². The predicted octanol–water partition coefficient (Wildman–Crippen LogP) is 2.24. The van der Waals surface area contributed by atoms with Crippen LogP contribution < -0.4 is 11.1 Å². The molecule has 1 aliphatic rings. The second-order valence-corrected chi connectivity index (χ2v) is 5.27. The summed E-state index contributed by atoms with van der Waals surface area (Å²) in [5.41, 5.74) is 9.36. The lowest BCUT2D eigenvalue weighted by Gasteiger charge is -2.34. The Balaban J connectivity index is 1.99. The summed E-state index contributed by atoms with van der Waals surface area (Å²) in [6, 6.07) is 6.17. The van der Waals surface area contributed by atoms with Crippen molar-refractivity contribution in [2.45, 2.75) is 38.8 Å². The second kappa shape index (κ2) is 5.07. The molecule has 0 spiro atoms. The molecule has 3 N–H and O–H groups in total. The van der Waals surface area contributed by atoms with Crippen LogP contribution in [0.2, 0.25) is 0 Å². The molecule has 94 valence electrons. The van der Waals surface area contributed by atoms with Crippen LogP contribution in [-0.2, 0) is 11.3 Å². The number of benzene rings is 1. The van der Waals surface area contributed by atoms with Crippen LogP contribution in [0.25, 0.3) is 0 Å². The first-order chi connectivity index (χ1) is 8.09. The van der Waals surface area contributed by atoms with Crippen molar-refractivity contribution < 1.29 is 4.74 Å². The van der Waals surface area contributed by atoms with Crippen LogP contribution in [-0.4, -0.2) is 18.8 Å². The van der Waals surface area contributed by atoms with E-state index in [-0.39, 0.29) is 5.54 Å². The summed E-state index contributed by atoms with van der Waals surface area (Å²) < 4.78 is 5.53. The van der Waals surface area contributed by atoms with Crippen molar-refractivity contribution in [1.82, 2.24) is 5.32 Å². The van der Waals surface area contributed by atoms with Crippen molar-refractivity contribution in [3.8, 4) is 0 Å². The van der Waals surface area contributed by atoms with Crippen molar-refractivity contribution in [2.75, 3.05) is 18.9 Å². The monoisotopic (exact) mass is 234 g/mol. The number of rotatable bonds is 3. The lowest BCUT2D eigenvalue weighted by atomic mass is 9.94. The first-order valence-electron chi connectivity index (χ1n) is 6.27. The zero-order valence-corrected chi connectivity index (χ0v) is 10.8. The molecule has 1 aliphatic heterocycles. The van der Waals surface area contributed by atoms with Crippen LogP contribution in [0.15, 0.2) is 18.2 Å². The van der Waals surface area contributed by atoms with Crippen molar-refractivity contribution in [2.24, 2.45) is 0 Å². The molecule has 17 heavy (non-hydrogen) atoms. The van der Waals surface area contributed by atoms with E-state index in [0.29, 0.717) is 0 Å². The van der Waals surface area contributed by atoms with Crippen molar-refractivity contribution in [3.63, 3.8) is 0 Å². The van der Waals surface area contributed by atoms with Crippen molar-refractivity contribution in [3.05, 3.63) is 29.3 Å². The molecular formula is C14H22N2O. The van der Waals surface area contributed by atoms with E-state index < -0.39 is 0 Å². The number of hydrogen-bond donors (Lipinski definition) is 2. The van der Waals surface area contributed by atoms with Gasteiger partial charge in [-0.2, -0.15) is 0 Å². The van der Waals surface area contributed by atoms with Gasteiger partial charge >= 0.3 is 0 Å². The van der Waals surface area contributed by atoms with E-state index in [1.54, 1.807) is 0 Å². The summed E-state index contributed by atoms with van der Waals surface area (Å²) in [6.45, 7) is 6.81. The van der Waals surface area contributed by atoms with Crippen molar-refractivity contribution >= 4 is 5.69 Å². The van der Waals surface area contributed by atoms with Gasteiger partial charge in [0.15, 0.2) is 0 Å². The maximum Gasteiger partial charge on any atom is 0.0645 e. The summed E-state index contributed by atoms with van der Waals surface area (Å²) in [6.07, 6.45) is 2.30. The van der Waals surface area contributed by atoms with E-state index >= 15 is 0 Å². The first-order valence-corrected chi connectivity index (χ1v) is 6.27. The summed E-state index contributed by atoms with van der Waals surface area (Å²) in [4.78, 5) is 0. The molecule has 1 heterocycles. The molecular weight excluding hydrogens is 212 g/mol. The lowest BCUT2D eigenvalue weighted by molar-refractivity contribution is 0.0278. The Morgan fingerprint density at radius 3 is 3.00 bits per heavy atom. The third-order valence-corrected chi connectivity index (χ3v) is 3.44. The third kappa shape index (κ3) is 3.20. The summed E-state index contributed by atoms with van der Waals surface area (Å²) in [5, 5.41) is 3.58. The van der Waals surface area contributed by atoms with Gasteiger partial charge in [-0.25, -0.2) is 0 Å². The average molecular weight is 234 g/mol. The molecule has 3 nitrogen and oxygen atoms in total. The fraction of sp³-hybridized carbons (Fsp3) is 0.571.